The second kappa shape index (κ2) is 6.57. The Morgan fingerprint density at radius 3 is 2.61 bits per heavy atom. The quantitative estimate of drug-likeness (QED) is 0.737. The fourth-order valence-electron chi connectivity index (χ4n) is 2.46. The van der Waals surface area contributed by atoms with E-state index < -0.39 is 27.8 Å². The van der Waals surface area contributed by atoms with Gasteiger partial charge in [-0.15, -0.1) is 0 Å². The number of hydrogen-bond donors (Lipinski definition) is 2. The van der Waals surface area contributed by atoms with E-state index in [0.29, 0.717) is 11.4 Å². The number of sulfone groups is 1. The minimum atomic E-state index is -3.12. The SMILES string of the molecule is CS(=O)(=O)CC1(CC(=O)Nc2cccc(OCC(=O)O)c2)CC1. The van der Waals surface area contributed by atoms with Crippen molar-refractivity contribution < 1.29 is 27.9 Å². The van der Waals surface area contributed by atoms with Crippen molar-refractivity contribution in [3.05, 3.63) is 24.3 Å². The van der Waals surface area contributed by atoms with Gasteiger partial charge in [-0.3, -0.25) is 4.79 Å². The van der Waals surface area contributed by atoms with E-state index >= 15 is 0 Å². The van der Waals surface area contributed by atoms with Crippen molar-refractivity contribution in [3.63, 3.8) is 0 Å². The lowest BCUT2D eigenvalue weighted by Gasteiger charge is -2.14. The Kier molecular flexibility index (Phi) is 4.93. The zero-order chi connectivity index (χ0) is 17.1. The van der Waals surface area contributed by atoms with Gasteiger partial charge >= 0.3 is 5.97 Å². The summed E-state index contributed by atoms with van der Waals surface area (Å²) in [6.45, 7) is -0.463. The zero-order valence-electron chi connectivity index (χ0n) is 12.7. The number of anilines is 1. The van der Waals surface area contributed by atoms with Gasteiger partial charge in [0.1, 0.15) is 15.6 Å². The van der Waals surface area contributed by atoms with Crippen LogP contribution in [0.2, 0.25) is 0 Å². The number of carboxylic acids is 1. The van der Waals surface area contributed by atoms with Gasteiger partial charge in [-0.2, -0.15) is 0 Å². The van der Waals surface area contributed by atoms with Crippen LogP contribution in [0.1, 0.15) is 19.3 Å². The molecule has 1 aromatic rings. The first kappa shape index (κ1) is 17.3. The van der Waals surface area contributed by atoms with Gasteiger partial charge in [-0.1, -0.05) is 6.07 Å². The van der Waals surface area contributed by atoms with Crippen molar-refractivity contribution in [2.45, 2.75) is 19.3 Å². The Balaban J connectivity index is 1.93. The zero-order valence-corrected chi connectivity index (χ0v) is 13.6. The molecule has 0 saturated heterocycles. The van der Waals surface area contributed by atoms with Crippen LogP contribution in [0, 0.1) is 5.41 Å². The molecule has 0 spiro atoms. The number of rotatable bonds is 8. The van der Waals surface area contributed by atoms with Crippen LogP contribution in [-0.4, -0.2) is 44.0 Å². The first-order chi connectivity index (χ1) is 10.7. The normalized spacial score (nSPS) is 15.7. The van der Waals surface area contributed by atoms with Gasteiger partial charge in [-0.25, -0.2) is 13.2 Å². The first-order valence-electron chi connectivity index (χ1n) is 7.10. The predicted molar refractivity (Wildman–Crippen MR) is 84.2 cm³/mol. The molecule has 0 radical (unpaired) electrons. The topological polar surface area (TPSA) is 110 Å². The molecule has 2 rings (SSSR count). The third-order valence-electron chi connectivity index (χ3n) is 3.54. The Labute approximate surface area is 134 Å². The summed E-state index contributed by atoms with van der Waals surface area (Å²) in [5.41, 5.74) is 0.0442. The second-order valence-corrected chi connectivity index (χ2v) is 8.15. The number of carbonyl (C=O) groups excluding carboxylic acids is 1. The highest BCUT2D eigenvalue weighted by molar-refractivity contribution is 7.90. The van der Waals surface area contributed by atoms with E-state index in [9.17, 15) is 18.0 Å². The van der Waals surface area contributed by atoms with E-state index in [4.69, 9.17) is 9.84 Å². The molecule has 1 aliphatic carbocycles. The third kappa shape index (κ3) is 5.90. The van der Waals surface area contributed by atoms with Gasteiger partial charge in [0, 0.05) is 24.4 Å². The van der Waals surface area contributed by atoms with Gasteiger partial charge in [0.2, 0.25) is 5.91 Å². The smallest absolute Gasteiger partial charge is 0.341 e. The van der Waals surface area contributed by atoms with Crippen LogP contribution in [0.3, 0.4) is 0 Å². The number of nitrogens with one attached hydrogen (secondary N) is 1. The number of amides is 1. The fraction of sp³-hybridized carbons (Fsp3) is 0.467. The second-order valence-electron chi connectivity index (χ2n) is 6.01. The van der Waals surface area contributed by atoms with Crippen LogP contribution >= 0.6 is 0 Å². The Bertz CT molecular complexity index is 708. The molecule has 1 aromatic carbocycles. The Morgan fingerprint density at radius 1 is 1.35 bits per heavy atom. The summed E-state index contributed by atoms with van der Waals surface area (Å²) in [6, 6.07) is 6.40. The summed E-state index contributed by atoms with van der Waals surface area (Å²) in [4.78, 5) is 22.6. The van der Waals surface area contributed by atoms with Crippen LogP contribution in [-0.2, 0) is 19.4 Å². The molecule has 0 aliphatic heterocycles. The summed E-state index contributed by atoms with van der Waals surface area (Å²) in [5.74, 6) is -0.991. The average Bonchev–Trinajstić information content (AvgIpc) is 3.13. The van der Waals surface area contributed by atoms with Gasteiger partial charge in [-0.05, 0) is 30.4 Å². The highest BCUT2D eigenvalue weighted by Crippen LogP contribution is 2.49. The summed E-state index contributed by atoms with van der Waals surface area (Å²) < 4.78 is 27.8. The van der Waals surface area contributed by atoms with Crippen LogP contribution in [0.5, 0.6) is 5.75 Å². The van der Waals surface area contributed by atoms with Crippen molar-refractivity contribution in [1.82, 2.24) is 0 Å². The summed E-state index contributed by atoms with van der Waals surface area (Å²) in [7, 11) is -3.12. The van der Waals surface area contributed by atoms with Crippen LogP contribution in [0.4, 0.5) is 5.69 Å². The molecule has 1 amide bonds. The maximum absolute atomic E-state index is 12.1. The molecule has 0 atom stereocenters. The Hall–Kier alpha value is -2.09. The molecule has 126 valence electrons. The standard InChI is InChI=1S/C15H19NO6S/c1-23(20,21)10-15(5-6-15)8-13(17)16-11-3-2-4-12(7-11)22-9-14(18)19/h2-4,7H,5-6,8-10H2,1H3,(H,16,17)(H,18,19). The molecule has 1 fully saturated rings. The van der Waals surface area contributed by atoms with Gasteiger partial charge in [0.05, 0.1) is 5.75 Å². The van der Waals surface area contributed by atoms with Crippen molar-refractivity contribution in [2.75, 3.05) is 23.9 Å². The molecule has 1 saturated carbocycles. The fourth-order valence-corrected chi connectivity index (χ4v) is 3.96. The number of aliphatic carboxylic acids is 1. The monoisotopic (exact) mass is 341 g/mol. The molecule has 1 aliphatic rings. The van der Waals surface area contributed by atoms with E-state index in [1.165, 1.54) is 12.3 Å². The highest BCUT2D eigenvalue weighted by Gasteiger charge is 2.46. The third-order valence-corrected chi connectivity index (χ3v) is 4.68. The molecule has 23 heavy (non-hydrogen) atoms. The first-order valence-corrected chi connectivity index (χ1v) is 9.16. The van der Waals surface area contributed by atoms with E-state index in [1.807, 2.05) is 0 Å². The summed E-state index contributed by atoms with van der Waals surface area (Å²) in [5, 5.41) is 11.3. The molecule has 0 bridgehead atoms. The van der Waals surface area contributed by atoms with Crippen molar-refractivity contribution in [2.24, 2.45) is 5.41 Å². The van der Waals surface area contributed by atoms with Crippen molar-refractivity contribution in [3.8, 4) is 5.75 Å². The predicted octanol–water partition coefficient (Wildman–Crippen LogP) is 1.30. The molecule has 0 unspecified atom stereocenters. The number of benzene rings is 1. The lowest BCUT2D eigenvalue weighted by atomic mass is 10.1. The lowest BCUT2D eigenvalue weighted by molar-refractivity contribution is -0.139. The molecule has 2 N–H and O–H groups in total. The average molecular weight is 341 g/mol. The molecule has 8 heteroatoms. The lowest BCUT2D eigenvalue weighted by Crippen LogP contribution is -2.23. The van der Waals surface area contributed by atoms with Crippen molar-refractivity contribution >= 4 is 27.4 Å². The maximum atomic E-state index is 12.1. The van der Waals surface area contributed by atoms with Gasteiger partial charge in [0.25, 0.3) is 0 Å². The van der Waals surface area contributed by atoms with Crippen LogP contribution in [0.15, 0.2) is 24.3 Å². The minimum absolute atomic E-state index is 0.0230. The molecule has 0 heterocycles. The van der Waals surface area contributed by atoms with Gasteiger partial charge < -0.3 is 15.2 Å². The Morgan fingerprint density at radius 2 is 2.04 bits per heavy atom. The molecular formula is C15H19NO6S. The van der Waals surface area contributed by atoms with Crippen molar-refractivity contribution in [1.29, 1.82) is 0 Å². The summed E-state index contributed by atoms with van der Waals surface area (Å²) >= 11 is 0. The van der Waals surface area contributed by atoms with E-state index in [-0.39, 0.29) is 18.1 Å². The highest BCUT2D eigenvalue weighted by atomic mass is 32.2. The molecule has 0 aromatic heterocycles. The number of hydrogen-bond acceptors (Lipinski definition) is 5. The van der Waals surface area contributed by atoms with E-state index in [1.54, 1.807) is 18.2 Å². The van der Waals surface area contributed by atoms with Crippen LogP contribution < -0.4 is 10.1 Å². The van der Waals surface area contributed by atoms with Gasteiger partial charge in [0.15, 0.2) is 6.61 Å². The van der Waals surface area contributed by atoms with E-state index in [2.05, 4.69) is 5.32 Å². The number of ether oxygens (including phenoxy) is 1. The largest absolute Gasteiger partial charge is 0.482 e. The minimum Gasteiger partial charge on any atom is -0.482 e. The number of carboxylic acid groups (broad SMARTS) is 1. The summed E-state index contributed by atoms with van der Waals surface area (Å²) in [6.07, 6.45) is 2.79. The van der Waals surface area contributed by atoms with E-state index in [0.717, 1.165) is 12.8 Å². The maximum Gasteiger partial charge on any atom is 0.341 e. The van der Waals surface area contributed by atoms with Crippen LogP contribution in [0.25, 0.3) is 0 Å². The molecule has 7 nitrogen and oxygen atoms in total. The number of carbonyl (C=O) groups is 2. The molecular weight excluding hydrogens is 322 g/mol.